The fraction of sp³-hybridized carbons (Fsp3) is 0.682. The van der Waals surface area contributed by atoms with Gasteiger partial charge in [0.1, 0.15) is 13.2 Å². The first-order valence-corrected chi connectivity index (χ1v) is 10.4. The summed E-state index contributed by atoms with van der Waals surface area (Å²) in [6.45, 7) is 4.32. The molecule has 0 N–H and O–H groups in total. The van der Waals surface area contributed by atoms with Crippen LogP contribution < -0.4 is 9.47 Å². The van der Waals surface area contributed by atoms with E-state index < -0.39 is 0 Å². The monoisotopic (exact) mass is 355 g/mol. The van der Waals surface area contributed by atoms with Crippen LogP contribution in [0.4, 0.5) is 0 Å². The molecule has 0 aromatic heterocycles. The number of hydrogen-bond donors (Lipinski definition) is 0. The first-order valence-electron chi connectivity index (χ1n) is 10.4. The molecule has 1 aromatic carbocycles. The molecule has 4 aliphatic rings. The number of ether oxygens (including phenoxy) is 2. The van der Waals surface area contributed by atoms with Crippen molar-refractivity contribution in [2.75, 3.05) is 19.8 Å². The van der Waals surface area contributed by atoms with Crippen molar-refractivity contribution in [3.05, 3.63) is 23.3 Å². The molecule has 2 fully saturated rings. The molecule has 140 valence electrons. The Morgan fingerprint density at radius 2 is 1.69 bits per heavy atom. The standard InChI is InChI=1S/C22H29NO3/c1-15-17-12-19-20(26-11-10-25-19)13-18(17)22(8-4-5-9-22)14-23(15)21(24)16-6-2-3-7-16/h12-13,15-16H,2-11,14H2,1H3. The molecule has 2 heterocycles. The van der Waals surface area contributed by atoms with Crippen LogP contribution >= 0.6 is 0 Å². The topological polar surface area (TPSA) is 38.8 Å². The number of amides is 1. The normalized spacial score (nSPS) is 27.0. The summed E-state index contributed by atoms with van der Waals surface area (Å²) in [5.74, 6) is 2.38. The molecule has 5 rings (SSSR count). The van der Waals surface area contributed by atoms with E-state index in [2.05, 4.69) is 24.0 Å². The fourth-order valence-corrected chi connectivity index (χ4v) is 5.78. The molecule has 2 aliphatic carbocycles. The molecule has 26 heavy (non-hydrogen) atoms. The Kier molecular flexibility index (Phi) is 3.91. The van der Waals surface area contributed by atoms with Crippen LogP contribution in [0.25, 0.3) is 0 Å². The number of nitrogens with zero attached hydrogens (tertiary/aromatic N) is 1. The minimum atomic E-state index is 0.117. The van der Waals surface area contributed by atoms with E-state index in [1.54, 1.807) is 0 Å². The molecular weight excluding hydrogens is 326 g/mol. The van der Waals surface area contributed by atoms with Crippen molar-refractivity contribution in [1.29, 1.82) is 0 Å². The number of fused-ring (bicyclic) bond motifs is 3. The highest BCUT2D eigenvalue weighted by molar-refractivity contribution is 5.80. The third-order valence-electron chi connectivity index (χ3n) is 7.22. The van der Waals surface area contributed by atoms with Crippen LogP contribution in [-0.4, -0.2) is 30.6 Å². The summed E-state index contributed by atoms with van der Waals surface area (Å²) < 4.78 is 11.7. The zero-order valence-corrected chi connectivity index (χ0v) is 15.8. The first kappa shape index (κ1) is 16.5. The van der Waals surface area contributed by atoms with Crippen molar-refractivity contribution in [2.45, 2.75) is 69.7 Å². The third-order valence-corrected chi connectivity index (χ3v) is 7.22. The molecule has 1 amide bonds. The Balaban J connectivity index is 1.58. The SMILES string of the molecule is CC1c2cc3c(cc2C2(CCCC2)CN1C(=O)C1CCCC1)OCCO3. The van der Waals surface area contributed by atoms with Crippen molar-refractivity contribution < 1.29 is 14.3 Å². The Labute approximate surface area is 155 Å². The van der Waals surface area contributed by atoms with Gasteiger partial charge in [-0.2, -0.15) is 0 Å². The number of carbonyl (C=O) groups is 1. The maximum atomic E-state index is 13.3. The van der Waals surface area contributed by atoms with Gasteiger partial charge < -0.3 is 14.4 Å². The molecule has 4 heteroatoms. The van der Waals surface area contributed by atoms with Gasteiger partial charge in [0, 0.05) is 17.9 Å². The fourth-order valence-electron chi connectivity index (χ4n) is 5.78. The van der Waals surface area contributed by atoms with Gasteiger partial charge in [-0.1, -0.05) is 25.7 Å². The quantitative estimate of drug-likeness (QED) is 0.751. The maximum Gasteiger partial charge on any atom is 0.226 e. The van der Waals surface area contributed by atoms with Gasteiger partial charge in [-0.05, 0) is 55.9 Å². The van der Waals surface area contributed by atoms with Crippen molar-refractivity contribution >= 4 is 5.91 Å². The van der Waals surface area contributed by atoms with E-state index in [1.165, 1.54) is 49.7 Å². The lowest BCUT2D eigenvalue weighted by Gasteiger charge is -2.47. The van der Waals surface area contributed by atoms with E-state index in [4.69, 9.17) is 9.47 Å². The third kappa shape index (κ3) is 2.44. The maximum absolute atomic E-state index is 13.3. The van der Waals surface area contributed by atoms with Crippen molar-refractivity contribution in [1.82, 2.24) is 4.90 Å². The predicted octanol–water partition coefficient (Wildman–Crippen LogP) is 4.36. The van der Waals surface area contributed by atoms with E-state index in [0.29, 0.717) is 19.1 Å². The Morgan fingerprint density at radius 3 is 2.38 bits per heavy atom. The van der Waals surface area contributed by atoms with Crippen LogP contribution in [0.15, 0.2) is 12.1 Å². The lowest BCUT2D eigenvalue weighted by molar-refractivity contribution is -0.139. The van der Waals surface area contributed by atoms with E-state index in [-0.39, 0.29) is 17.4 Å². The van der Waals surface area contributed by atoms with Crippen LogP contribution in [0.3, 0.4) is 0 Å². The number of hydrogen-bond acceptors (Lipinski definition) is 3. The molecule has 1 atom stereocenters. The van der Waals surface area contributed by atoms with Gasteiger partial charge in [-0.3, -0.25) is 4.79 Å². The lowest BCUT2D eigenvalue weighted by Crippen LogP contribution is -2.50. The molecule has 0 saturated heterocycles. The zero-order chi connectivity index (χ0) is 17.7. The highest BCUT2D eigenvalue weighted by Crippen LogP contribution is 2.52. The zero-order valence-electron chi connectivity index (χ0n) is 15.8. The molecule has 0 radical (unpaired) electrons. The Hall–Kier alpha value is -1.71. The van der Waals surface area contributed by atoms with Crippen LogP contribution in [0, 0.1) is 5.92 Å². The van der Waals surface area contributed by atoms with Gasteiger partial charge in [-0.25, -0.2) is 0 Å². The number of benzene rings is 1. The molecule has 1 unspecified atom stereocenters. The molecule has 1 spiro atoms. The number of rotatable bonds is 1. The van der Waals surface area contributed by atoms with E-state index in [9.17, 15) is 4.79 Å². The molecular formula is C22H29NO3. The highest BCUT2D eigenvalue weighted by atomic mass is 16.6. The molecule has 1 aromatic rings. The van der Waals surface area contributed by atoms with Gasteiger partial charge in [0.15, 0.2) is 11.5 Å². The van der Waals surface area contributed by atoms with E-state index >= 15 is 0 Å². The van der Waals surface area contributed by atoms with Crippen LogP contribution in [-0.2, 0) is 10.2 Å². The van der Waals surface area contributed by atoms with Crippen molar-refractivity contribution in [3.63, 3.8) is 0 Å². The first-order chi connectivity index (χ1) is 12.7. The van der Waals surface area contributed by atoms with Gasteiger partial charge in [0.05, 0.1) is 6.04 Å². The van der Waals surface area contributed by atoms with Gasteiger partial charge >= 0.3 is 0 Å². The highest BCUT2D eigenvalue weighted by Gasteiger charge is 2.47. The second-order valence-corrected chi connectivity index (χ2v) is 8.69. The summed E-state index contributed by atoms with van der Waals surface area (Å²) in [4.78, 5) is 15.5. The smallest absolute Gasteiger partial charge is 0.226 e. The summed E-state index contributed by atoms with van der Waals surface area (Å²) in [5.41, 5.74) is 2.82. The second-order valence-electron chi connectivity index (χ2n) is 8.69. The average molecular weight is 355 g/mol. The van der Waals surface area contributed by atoms with Crippen LogP contribution in [0.5, 0.6) is 11.5 Å². The minimum Gasteiger partial charge on any atom is -0.486 e. The van der Waals surface area contributed by atoms with Crippen LogP contribution in [0.1, 0.15) is 75.5 Å². The van der Waals surface area contributed by atoms with Crippen molar-refractivity contribution in [2.24, 2.45) is 5.92 Å². The van der Waals surface area contributed by atoms with Gasteiger partial charge in [0.25, 0.3) is 0 Å². The summed E-state index contributed by atoms with van der Waals surface area (Å²) in [6, 6.07) is 4.53. The largest absolute Gasteiger partial charge is 0.486 e. The molecule has 0 bridgehead atoms. The molecule has 4 nitrogen and oxygen atoms in total. The summed E-state index contributed by atoms with van der Waals surface area (Å²) in [5, 5.41) is 0. The minimum absolute atomic E-state index is 0.117. The molecule has 2 aliphatic heterocycles. The average Bonchev–Trinajstić information content (AvgIpc) is 3.36. The van der Waals surface area contributed by atoms with Gasteiger partial charge in [-0.15, -0.1) is 0 Å². The van der Waals surface area contributed by atoms with E-state index in [1.807, 2.05) is 0 Å². The predicted molar refractivity (Wildman–Crippen MR) is 99.7 cm³/mol. The summed E-state index contributed by atoms with van der Waals surface area (Å²) in [6.07, 6.45) is 9.44. The van der Waals surface area contributed by atoms with E-state index in [0.717, 1.165) is 30.9 Å². The molecule has 2 saturated carbocycles. The lowest BCUT2D eigenvalue weighted by atomic mass is 9.71. The van der Waals surface area contributed by atoms with Crippen molar-refractivity contribution in [3.8, 4) is 11.5 Å². The Bertz CT molecular complexity index is 716. The Morgan fingerprint density at radius 1 is 1.04 bits per heavy atom. The summed E-state index contributed by atoms with van der Waals surface area (Å²) in [7, 11) is 0. The van der Waals surface area contributed by atoms with Crippen LogP contribution in [0.2, 0.25) is 0 Å². The van der Waals surface area contributed by atoms with Gasteiger partial charge in [0.2, 0.25) is 5.91 Å². The second kappa shape index (κ2) is 6.17. The number of carbonyl (C=O) groups excluding carboxylic acids is 1. The summed E-state index contributed by atoms with van der Waals surface area (Å²) >= 11 is 0.